The molecule has 1 aliphatic rings. The molecule has 1 aliphatic carbocycles. The lowest BCUT2D eigenvalue weighted by molar-refractivity contribution is 0.0978. The number of nitrogens with zero attached hydrogens (tertiary/aromatic N) is 4. The maximum atomic E-state index is 12.5. The van der Waals surface area contributed by atoms with Crippen LogP contribution in [0.1, 0.15) is 20.7 Å². The van der Waals surface area contributed by atoms with Crippen LogP contribution in [-0.4, -0.2) is 44.4 Å². The lowest BCUT2D eigenvalue weighted by atomic mass is 9.93. The molecule has 2 N–H and O–H groups in total. The molecule has 2 aromatic heterocycles. The number of anilines is 1. The summed E-state index contributed by atoms with van der Waals surface area (Å²) in [6.07, 6.45) is 4.53. The van der Waals surface area contributed by atoms with Crippen molar-refractivity contribution in [3.63, 3.8) is 0 Å². The van der Waals surface area contributed by atoms with Crippen molar-refractivity contribution in [2.75, 3.05) is 18.4 Å². The molecule has 0 unspecified atom stereocenters. The summed E-state index contributed by atoms with van der Waals surface area (Å²) in [5.41, 5.74) is 1.93. The van der Waals surface area contributed by atoms with Gasteiger partial charge in [0.05, 0.1) is 17.3 Å². The van der Waals surface area contributed by atoms with Gasteiger partial charge in [0.15, 0.2) is 11.4 Å². The Labute approximate surface area is 148 Å². The highest BCUT2D eigenvalue weighted by atomic mass is 16.1. The molecule has 0 saturated carbocycles. The van der Waals surface area contributed by atoms with Gasteiger partial charge in [-0.15, -0.1) is 0 Å². The van der Waals surface area contributed by atoms with Gasteiger partial charge in [-0.1, -0.05) is 24.3 Å². The minimum absolute atomic E-state index is 0.163. The number of benzene rings is 1. The van der Waals surface area contributed by atoms with Crippen molar-refractivity contribution < 1.29 is 9.59 Å². The molecule has 1 aromatic carbocycles. The number of rotatable bonds is 5. The number of aryl methyl sites for hydroxylation is 1. The molecule has 3 aromatic rings. The summed E-state index contributed by atoms with van der Waals surface area (Å²) in [5, 5.41) is 11.2. The molecule has 0 spiro atoms. The predicted molar refractivity (Wildman–Crippen MR) is 96.0 cm³/mol. The normalized spacial score (nSPS) is 13.5. The van der Waals surface area contributed by atoms with Crippen LogP contribution in [-0.2, 0) is 7.05 Å². The van der Waals surface area contributed by atoms with Crippen LogP contribution in [0.25, 0.3) is 11.0 Å². The summed E-state index contributed by atoms with van der Waals surface area (Å²) < 4.78 is 1.68. The van der Waals surface area contributed by atoms with Crippen molar-refractivity contribution in [1.29, 1.82) is 0 Å². The van der Waals surface area contributed by atoms with Crippen LogP contribution in [0.4, 0.5) is 5.82 Å². The largest absolute Gasteiger partial charge is 0.380 e. The molecule has 8 heteroatoms. The van der Waals surface area contributed by atoms with E-state index in [-0.39, 0.29) is 11.6 Å². The number of Topliss-reactive ketones (excluding diaryl/α,β-unsaturated/α-hetero) is 1. The maximum absolute atomic E-state index is 12.5. The fraction of sp³-hybridized carbons (Fsp3) is 0.167. The Morgan fingerprint density at radius 2 is 1.81 bits per heavy atom. The maximum Gasteiger partial charge on any atom is 0.209 e. The Balaban J connectivity index is 1.41. The molecule has 0 amide bonds. The molecule has 0 bridgehead atoms. The van der Waals surface area contributed by atoms with E-state index in [2.05, 4.69) is 25.7 Å². The minimum atomic E-state index is -0.170. The fourth-order valence-corrected chi connectivity index (χ4v) is 2.93. The highest BCUT2D eigenvalue weighted by molar-refractivity contribution is 6.24. The third-order valence-corrected chi connectivity index (χ3v) is 4.22. The Bertz CT molecular complexity index is 1050. The molecule has 0 radical (unpaired) electrons. The zero-order valence-electron chi connectivity index (χ0n) is 14.1. The van der Waals surface area contributed by atoms with Crippen LogP contribution >= 0.6 is 0 Å². The average Bonchev–Trinajstić information content (AvgIpc) is 3.04. The summed E-state index contributed by atoms with van der Waals surface area (Å²) in [5.74, 6) is 0.343. The van der Waals surface area contributed by atoms with Crippen LogP contribution in [0.3, 0.4) is 0 Å². The van der Waals surface area contributed by atoms with Gasteiger partial charge in [0.25, 0.3) is 0 Å². The van der Waals surface area contributed by atoms with E-state index in [9.17, 15) is 9.59 Å². The van der Waals surface area contributed by atoms with Crippen LogP contribution in [0, 0.1) is 0 Å². The van der Waals surface area contributed by atoms with Gasteiger partial charge in [-0.05, 0) is 0 Å². The Hall–Kier alpha value is -3.55. The van der Waals surface area contributed by atoms with E-state index in [1.807, 2.05) is 7.05 Å². The van der Waals surface area contributed by atoms with Crippen LogP contribution in [0.15, 0.2) is 48.6 Å². The second-order valence-electron chi connectivity index (χ2n) is 5.88. The zero-order valence-corrected chi connectivity index (χ0v) is 14.1. The summed E-state index contributed by atoms with van der Waals surface area (Å²) in [6, 6.07) is 6.84. The molecule has 130 valence electrons. The lowest BCUT2D eigenvalue weighted by Crippen LogP contribution is -2.30. The number of carbonyl (C=O) groups is 2. The van der Waals surface area contributed by atoms with E-state index in [1.54, 1.807) is 35.1 Å². The van der Waals surface area contributed by atoms with Gasteiger partial charge in [-0.3, -0.25) is 14.3 Å². The van der Waals surface area contributed by atoms with Gasteiger partial charge < -0.3 is 10.6 Å². The lowest BCUT2D eigenvalue weighted by Gasteiger charge is -2.16. The molecular formula is C18H16N6O2. The van der Waals surface area contributed by atoms with Crippen molar-refractivity contribution in [3.05, 3.63) is 59.7 Å². The van der Waals surface area contributed by atoms with Gasteiger partial charge >= 0.3 is 0 Å². The van der Waals surface area contributed by atoms with Crippen LogP contribution < -0.4 is 10.6 Å². The number of hydrogen-bond acceptors (Lipinski definition) is 7. The second-order valence-corrected chi connectivity index (χ2v) is 5.88. The van der Waals surface area contributed by atoms with Crippen molar-refractivity contribution in [3.8, 4) is 0 Å². The van der Waals surface area contributed by atoms with E-state index in [0.29, 0.717) is 35.7 Å². The topological polar surface area (TPSA) is 102 Å². The minimum Gasteiger partial charge on any atom is -0.380 e. The van der Waals surface area contributed by atoms with E-state index in [0.717, 1.165) is 11.0 Å². The number of fused-ring (bicyclic) bond motifs is 2. The Kier molecular flexibility index (Phi) is 3.92. The van der Waals surface area contributed by atoms with Crippen molar-refractivity contribution in [1.82, 2.24) is 25.1 Å². The van der Waals surface area contributed by atoms with Gasteiger partial charge in [0, 0.05) is 37.3 Å². The van der Waals surface area contributed by atoms with Crippen molar-refractivity contribution in [2.45, 2.75) is 0 Å². The number of carbonyl (C=O) groups excluding carboxylic acids is 2. The average molecular weight is 348 g/mol. The third-order valence-electron chi connectivity index (χ3n) is 4.22. The van der Waals surface area contributed by atoms with E-state index in [1.165, 1.54) is 12.4 Å². The molecule has 8 nitrogen and oxygen atoms in total. The predicted octanol–water partition coefficient (Wildman–Crippen LogP) is 1.33. The van der Waals surface area contributed by atoms with Gasteiger partial charge in [-0.2, -0.15) is 5.10 Å². The van der Waals surface area contributed by atoms with E-state index < -0.39 is 0 Å². The van der Waals surface area contributed by atoms with E-state index in [4.69, 9.17) is 0 Å². The molecule has 0 atom stereocenters. The molecule has 4 rings (SSSR count). The summed E-state index contributed by atoms with van der Waals surface area (Å²) in [4.78, 5) is 33.0. The monoisotopic (exact) mass is 348 g/mol. The van der Waals surface area contributed by atoms with Crippen LogP contribution in [0.2, 0.25) is 0 Å². The molecule has 2 heterocycles. The second kappa shape index (κ2) is 6.40. The van der Waals surface area contributed by atoms with Crippen molar-refractivity contribution in [2.24, 2.45) is 7.05 Å². The highest BCUT2D eigenvalue weighted by Crippen LogP contribution is 2.20. The SMILES string of the molecule is Cn1ncc2c(NCCNC3=CC(=O)c4ccccc4C3=O)ncnc21. The first-order valence-corrected chi connectivity index (χ1v) is 8.15. The number of allylic oxidation sites excluding steroid dienone is 2. The smallest absolute Gasteiger partial charge is 0.209 e. The Morgan fingerprint density at radius 3 is 2.65 bits per heavy atom. The fourth-order valence-electron chi connectivity index (χ4n) is 2.93. The van der Waals surface area contributed by atoms with Crippen LogP contribution in [0.5, 0.6) is 0 Å². The number of nitrogens with one attached hydrogen (secondary N) is 2. The molecule has 0 saturated heterocycles. The van der Waals surface area contributed by atoms with Gasteiger partial charge in [0.1, 0.15) is 12.1 Å². The molecule has 0 aliphatic heterocycles. The Morgan fingerprint density at radius 1 is 1.04 bits per heavy atom. The third kappa shape index (κ3) is 2.71. The van der Waals surface area contributed by atoms with Gasteiger partial charge in [-0.25, -0.2) is 9.97 Å². The summed E-state index contributed by atoms with van der Waals surface area (Å²) >= 11 is 0. The quantitative estimate of drug-likeness (QED) is 0.671. The van der Waals surface area contributed by atoms with Crippen molar-refractivity contribution >= 4 is 28.4 Å². The standard InChI is InChI=1S/C18H16N6O2/c1-24-18-13(9-23-24)17(21-10-22-18)20-7-6-19-14-8-15(25)11-4-2-3-5-12(11)16(14)26/h2-5,8-10,19H,6-7H2,1H3,(H,20,21,22). The highest BCUT2D eigenvalue weighted by Gasteiger charge is 2.24. The summed E-state index contributed by atoms with van der Waals surface area (Å²) in [7, 11) is 1.82. The first kappa shape index (κ1) is 15.9. The zero-order chi connectivity index (χ0) is 18.1. The van der Waals surface area contributed by atoms with Gasteiger partial charge in [0.2, 0.25) is 5.78 Å². The first-order valence-electron chi connectivity index (χ1n) is 8.15. The molecule has 26 heavy (non-hydrogen) atoms. The number of ketones is 2. The van der Waals surface area contributed by atoms with E-state index >= 15 is 0 Å². The summed E-state index contributed by atoms with van der Waals surface area (Å²) in [6.45, 7) is 0.972. The first-order chi connectivity index (χ1) is 12.6. The molecule has 0 fully saturated rings. The number of hydrogen-bond donors (Lipinski definition) is 2. The number of aromatic nitrogens is 4. The molecular weight excluding hydrogens is 332 g/mol.